The minimum Gasteiger partial charge on any atom is -0.504 e. The van der Waals surface area contributed by atoms with Gasteiger partial charge in [-0.2, -0.15) is 0 Å². The molecule has 0 radical (unpaired) electrons. The summed E-state index contributed by atoms with van der Waals surface area (Å²) in [5.74, 6) is -0.302. The number of aromatic hydroxyl groups is 2. The summed E-state index contributed by atoms with van der Waals surface area (Å²) in [6, 6.07) is 4.57. The van der Waals surface area contributed by atoms with E-state index >= 15 is 0 Å². The highest BCUT2D eigenvalue weighted by molar-refractivity contribution is 5.67. The summed E-state index contributed by atoms with van der Waals surface area (Å²) >= 11 is 0. The maximum Gasteiger partial charge on any atom is 0.409 e. The number of benzene rings is 1. The molecule has 1 aromatic carbocycles. The van der Waals surface area contributed by atoms with Crippen molar-refractivity contribution in [3.05, 3.63) is 23.8 Å². The van der Waals surface area contributed by atoms with E-state index in [2.05, 4.69) is 0 Å². The van der Waals surface area contributed by atoms with Gasteiger partial charge in [0.05, 0.1) is 6.61 Å². The van der Waals surface area contributed by atoms with Crippen molar-refractivity contribution in [2.45, 2.75) is 26.3 Å². The van der Waals surface area contributed by atoms with E-state index in [1.165, 1.54) is 17.0 Å². The Hall–Kier alpha value is -1.91. The number of nitrogens with zero attached hydrogens (tertiary/aromatic N) is 1. The van der Waals surface area contributed by atoms with E-state index in [1.54, 1.807) is 20.0 Å². The quantitative estimate of drug-likeness (QED) is 0.806. The molecule has 0 spiro atoms. The van der Waals surface area contributed by atoms with Gasteiger partial charge in [-0.1, -0.05) is 6.07 Å². The van der Waals surface area contributed by atoms with E-state index in [-0.39, 0.29) is 23.6 Å². The van der Waals surface area contributed by atoms with Gasteiger partial charge in [0.1, 0.15) is 0 Å². The van der Waals surface area contributed by atoms with Crippen LogP contribution in [0.4, 0.5) is 4.79 Å². The molecule has 100 valence electrons. The molecule has 0 heterocycles. The minimum absolute atomic E-state index is 0.0620. The molecule has 0 aliphatic heterocycles. The first-order valence-electron chi connectivity index (χ1n) is 5.86. The van der Waals surface area contributed by atoms with E-state index in [0.29, 0.717) is 13.0 Å². The van der Waals surface area contributed by atoms with Crippen molar-refractivity contribution in [3.8, 4) is 11.5 Å². The Labute approximate surface area is 107 Å². The Morgan fingerprint density at radius 1 is 1.39 bits per heavy atom. The van der Waals surface area contributed by atoms with Gasteiger partial charge in [-0.3, -0.25) is 0 Å². The molecule has 2 N–H and O–H groups in total. The third kappa shape index (κ3) is 3.55. The summed E-state index contributed by atoms with van der Waals surface area (Å²) in [6.07, 6.45) is 0.205. The second-order valence-electron chi connectivity index (χ2n) is 4.19. The van der Waals surface area contributed by atoms with Crippen molar-refractivity contribution >= 4 is 6.09 Å². The van der Waals surface area contributed by atoms with Gasteiger partial charge in [-0.15, -0.1) is 0 Å². The number of hydrogen-bond donors (Lipinski definition) is 2. The topological polar surface area (TPSA) is 70.0 Å². The summed E-state index contributed by atoms with van der Waals surface area (Å²) in [5, 5.41) is 18.6. The average molecular weight is 253 g/mol. The van der Waals surface area contributed by atoms with Crippen LogP contribution in [0, 0.1) is 0 Å². The second kappa shape index (κ2) is 6.14. The Morgan fingerprint density at radius 3 is 2.61 bits per heavy atom. The smallest absolute Gasteiger partial charge is 0.409 e. The highest BCUT2D eigenvalue weighted by atomic mass is 16.6. The molecular weight excluding hydrogens is 234 g/mol. The lowest BCUT2D eigenvalue weighted by Crippen LogP contribution is -2.36. The number of likely N-dealkylation sites (N-methyl/N-ethyl adjacent to an activating group) is 1. The Kier molecular flexibility index (Phi) is 4.83. The lowest BCUT2D eigenvalue weighted by atomic mass is 10.1. The zero-order valence-corrected chi connectivity index (χ0v) is 10.9. The van der Waals surface area contributed by atoms with Crippen molar-refractivity contribution < 1.29 is 19.7 Å². The molecular formula is C13H19NO4. The number of carbonyl (C=O) groups is 1. The molecule has 0 aliphatic carbocycles. The monoisotopic (exact) mass is 253 g/mol. The van der Waals surface area contributed by atoms with Crippen LogP contribution in [0.2, 0.25) is 0 Å². The van der Waals surface area contributed by atoms with E-state index in [0.717, 1.165) is 5.56 Å². The SMILES string of the molecule is CCOC(=O)N(C)C(C)Cc1ccc(O)c(O)c1. The van der Waals surface area contributed by atoms with Crippen molar-refractivity contribution in [2.24, 2.45) is 0 Å². The second-order valence-corrected chi connectivity index (χ2v) is 4.19. The Morgan fingerprint density at radius 2 is 2.06 bits per heavy atom. The molecule has 0 saturated heterocycles. The lowest BCUT2D eigenvalue weighted by molar-refractivity contribution is 0.104. The molecule has 1 rings (SSSR count). The summed E-state index contributed by atoms with van der Waals surface area (Å²) in [6.45, 7) is 3.99. The molecule has 0 bridgehead atoms. The van der Waals surface area contributed by atoms with Crippen LogP contribution in [-0.2, 0) is 11.2 Å². The normalized spacial score (nSPS) is 11.9. The Bertz CT molecular complexity index is 419. The van der Waals surface area contributed by atoms with Gasteiger partial charge in [0.25, 0.3) is 0 Å². The van der Waals surface area contributed by atoms with E-state index < -0.39 is 0 Å². The van der Waals surface area contributed by atoms with Crippen LogP contribution in [0.25, 0.3) is 0 Å². The van der Waals surface area contributed by atoms with Gasteiger partial charge in [0, 0.05) is 13.1 Å². The van der Waals surface area contributed by atoms with E-state index in [4.69, 9.17) is 4.74 Å². The number of phenols is 2. The van der Waals surface area contributed by atoms with Gasteiger partial charge >= 0.3 is 6.09 Å². The lowest BCUT2D eigenvalue weighted by Gasteiger charge is -2.24. The maximum atomic E-state index is 11.5. The molecule has 0 aliphatic rings. The number of rotatable bonds is 4. The van der Waals surface area contributed by atoms with Gasteiger partial charge in [-0.25, -0.2) is 4.79 Å². The van der Waals surface area contributed by atoms with Gasteiger partial charge in [-0.05, 0) is 38.0 Å². The van der Waals surface area contributed by atoms with E-state index in [1.807, 2.05) is 6.92 Å². The van der Waals surface area contributed by atoms with Crippen LogP contribution >= 0.6 is 0 Å². The fourth-order valence-electron chi connectivity index (χ4n) is 1.58. The first-order valence-corrected chi connectivity index (χ1v) is 5.86. The molecule has 5 nitrogen and oxygen atoms in total. The van der Waals surface area contributed by atoms with Crippen LogP contribution in [0.15, 0.2) is 18.2 Å². The Balaban J connectivity index is 2.66. The summed E-state index contributed by atoms with van der Waals surface area (Å²) in [5.41, 5.74) is 0.842. The van der Waals surface area contributed by atoms with Gasteiger partial charge < -0.3 is 19.8 Å². The number of ether oxygens (including phenoxy) is 1. The van der Waals surface area contributed by atoms with Gasteiger partial charge in [0.2, 0.25) is 0 Å². The zero-order chi connectivity index (χ0) is 13.7. The zero-order valence-electron chi connectivity index (χ0n) is 10.9. The van der Waals surface area contributed by atoms with Crippen molar-refractivity contribution in [2.75, 3.05) is 13.7 Å². The molecule has 1 aromatic rings. The molecule has 1 unspecified atom stereocenters. The minimum atomic E-state index is -0.368. The molecule has 0 saturated carbocycles. The molecule has 0 fully saturated rings. The number of hydrogen-bond acceptors (Lipinski definition) is 4. The van der Waals surface area contributed by atoms with Crippen LogP contribution in [-0.4, -0.2) is 40.9 Å². The third-order valence-electron chi connectivity index (χ3n) is 2.79. The number of carbonyl (C=O) groups excluding carboxylic acids is 1. The first kappa shape index (κ1) is 14.2. The molecule has 1 atom stereocenters. The largest absolute Gasteiger partial charge is 0.504 e. The summed E-state index contributed by atoms with van der Waals surface area (Å²) < 4.78 is 4.90. The molecule has 1 amide bonds. The van der Waals surface area contributed by atoms with Crippen LogP contribution in [0.5, 0.6) is 11.5 Å². The number of phenolic OH excluding ortho intramolecular Hbond substituents is 2. The van der Waals surface area contributed by atoms with E-state index in [9.17, 15) is 15.0 Å². The van der Waals surface area contributed by atoms with Crippen molar-refractivity contribution in [1.82, 2.24) is 4.90 Å². The number of amides is 1. The average Bonchev–Trinajstić information content (AvgIpc) is 2.33. The molecule has 5 heteroatoms. The third-order valence-corrected chi connectivity index (χ3v) is 2.79. The van der Waals surface area contributed by atoms with Crippen LogP contribution in [0.3, 0.4) is 0 Å². The van der Waals surface area contributed by atoms with Gasteiger partial charge in [0.15, 0.2) is 11.5 Å². The van der Waals surface area contributed by atoms with Crippen LogP contribution in [0.1, 0.15) is 19.4 Å². The summed E-state index contributed by atoms with van der Waals surface area (Å²) in [4.78, 5) is 13.0. The van der Waals surface area contributed by atoms with Crippen LogP contribution < -0.4 is 0 Å². The van der Waals surface area contributed by atoms with Crippen molar-refractivity contribution in [3.63, 3.8) is 0 Å². The molecule has 18 heavy (non-hydrogen) atoms. The molecule has 0 aromatic heterocycles. The summed E-state index contributed by atoms with van der Waals surface area (Å²) in [7, 11) is 1.67. The standard InChI is InChI=1S/C13H19NO4/c1-4-18-13(17)14(3)9(2)7-10-5-6-11(15)12(16)8-10/h5-6,8-9,15-16H,4,7H2,1-3H3. The maximum absolute atomic E-state index is 11.5. The fourth-order valence-corrected chi connectivity index (χ4v) is 1.58. The van der Waals surface area contributed by atoms with Crippen molar-refractivity contribution in [1.29, 1.82) is 0 Å². The highest BCUT2D eigenvalue weighted by Crippen LogP contribution is 2.25. The predicted molar refractivity (Wildman–Crippen MR) is 67.7 cm³/mol. The first-order chi connectivity index (χ1) is 8.45. The predicted octanol–water partition coefficient (Wildman–Crippen LogP) is 2.12. The fraction of sp³-hybridized carbons (Fsp3) is 0.462. The highest BCUT2D eigenvalue weighted by Gasteiger charge is 2.17.